The maximum Gasteiger partial charge on any atom is 0.335 e. The van der Waals surface area contributed by atoms with E-state index in [1.165, 1.54) is 7.11 Å². The van der Waals surface area contributed by atoms with Gasteiger partial charge in [0, 0.05) is 12.7 Å². The third-order valence-corrected chi connectivity index (χ3v) is 3.93. The van der Waals surface area contributed by atoms with Crippen LogP contribution in [0, 0.1) is 0 Å². The van der Waals surface area contributed by atoms with Gasteiger partial charge in [-0.1, -0.05) is 48.5 Å². The molecule has 2 atom stereocenters. The van der Waals surface area contributed by atoms with Crippen molar-refractivity contribution in [2.24, 2.45) is 0 Å². The van der Waals surface area contributed by atoms with E-state index in [4.69, 9.17) is 9.47 Å². The minimum Gasteiger partial charge on any atom is -0.479 e. The zero-order chi connectivity index (χ0) is 19.2. The van der Waals surface area contributed by atoms with E-state index in [1.807, 2.05) is 6.07 Å². The Kier molecular flexibility index (Phi) is 6.49. The van der Waals surface area contributed by atoms with Gasteiger partial charge in [0.05, 0.1) is 6.04 Å². The summed E-state index contributed by atoms with van der Waals surface area (Å²) in [5.41, 5.74) is 1.06. The lowest BCUT2D eigenvalue weighted by molar-refractivity contribution is -0.233. The Morgan fingerprint density at radius 1 is 1.00 bits per heavy atom. The predicted octanol–water partition coefficient (Wildman–Crippen LogP) is 3.01. The van der Waals surface area contributed by atoms with Crippen LogP contribution >= 0.6 is 0 Å². The molecule has 0 heterocycles. The Bertz CT molecular complexity index is 730. The van der Waals surface area contributed by atoms with Crippen molar-refractivity contribution in [3.63, 3.8) is 0 Å². The van der Waals surface area contributed by atoms with Crippen LogP contribution in [0.25, 0.3) is 0 Å². The molecule has 0 saturated heterocycles. The van der Waals surface area contributed by atoms with Crippen molar-refractivity contribution in [1.29, 1.82) is 0 Å². The molecule has 138 valence electrons. The number of hydrogen-bond donors (Lipinski definition) is 2. The highest BCUT2D eigenvalue weighted by atomic mass is 16.7. The Balaban J connectivity index is 2.36. The van der Waals surface area contributed by atoms with E-state index in [2.05, 4.69) is 5.32 Å². The maximum absolute atomic E-state index is 12.6. The summed E-state index contributed by atoms with van der Waals surface area (Å²) in [6.07, 6.45) is -1.33. The largest absolute Gasteiger partial charge is 0.479 e. The Morgan fingerprint density at radius 2 is 1.54 bits per heavy atom. The zero-order valence-electron chi connectivity index (χ0n) is 15.0. The second-order valence-electron chi connectivity index (χ2n) is 6.21. The fourth-order valence-electron chi connectivity index (χ4n) is 2.42. The lowest BCUT2D eigenvalue weighted by atomic mass is 10.00. The Hall–Kier alpha value is -2.70. The number of hydrogen-bond acceptors (Lipinski definition) is 4. The number of nitrogens with one attached hydrogen (secondary N) is 1. The number of benzene rings is 2. The van der Waals surface area contributed by atoms with Crippen LogP contribution in [0.3, 0.4) is 0 Å². The Morgan fingerprint density at radius 3 is 2.04 bits per heavy atom. The average molecular weight is 357 g/mol. The van der Waals surface area contributed by atoms with Crippen LogP contribution in [-0.2, 0) is 14.3 Å². The second kappa shape index (κ2) is 8.60. The van der Waals surface area contributed by atoms with Gasteiger partial charge in [0.2, 0.25) is 0 Å². The highest BCUT2D eigenvalue weighted by molar-refractivity contribution is 5.94. The molecule has 6 heteroatoms. The number of amides is 1. The first-order chi connectivity index (χ1) is 12.3. The van der Waals surface area contributed by atoms with Gasteiger partial charge in [0.15, 0.2) is 11.9 Å². The number of rotatable bonds is 8. The van der Waals surface area contributed by atoms with Crippen LogP contribution in [0.4, 0.5) is 0 Å². The van der Waals surface area contributed by atoms with E-state index in [0.717, 1.165) is 0 Å². The smallest absolute Gasteiger partial charge is 0.335 e. The van der Waals surface area contributed by atoms with E-state index in [9.17, 15) is 14.7 Å². The van der Waals surface area contributed by atoms with Crippen molar-refractivity contribution in [3.05, 3.63) is 71.8 Å². The molecular weight excluding hydrogens is 334 g/mol. The molecule has 0 bridgehead atoms. The van der Waals surface area contributed by atoms with Crippen molar-refractivity contribution in [3.8, 4) is 0 Å². The topological polar surface area (TPSA) is 84.9 Å². The van der Waals surface area contributed by atoms with E-state index >= 15 is 0 Å². The minimum atomic E-state index is -1.33. The zero-order valence-corrected chi connectivity index (χ0v) is 15.0. The highest BCUT2D eigenvalue weighted by Crippen LogP contribution is 2.25. The van der Waals surface area contributed by atoms with Crippen LogP contribution in [0.5, 0.6) is 0 Å². The molecule has 2 rings (SSSR count). The standard InChI is InChI=1S/C20H23NO5/c1-20(2,25-3)26-17(19(23)24)16(14-10-6-4-7-11-14)21-18(22)15-12-8-5-9-13-15/h4-13,16-17H,1-3H3,(H,21,22)(H,23,24). The van der Waals surface area contributed by atoms with Gasteiger partial charge in [-0.2, -0.15) is 0 Å². The molecule has 6 nitrogen and oxygen atoms in total. The summed E-state index contributed by atoms with van der Waals surface area (Å²) in [5.74, 6) is -2.71. The summed E-state index contributed by atoms with van der Waals surface area (Å²) in [6.45, 7) is 3.23. The molecule has 2 aromatic rings. The summed E-state index contributed by atoms with van der Waals surface area (Å²) in [7, 11) is 1.43. The van der Waals surface area contributed by atoms with Gasteiger partial charge in [0.1, 0.15) is 0 Å². The summed E-state index contributed by atoms with van der Waals surface area (Å²) < 4.78 is 10.9. The molecule has 2 unspecified atom stereocenters. The highest BCUT2D eigenvalue weighted by Gasteiger charge is 2.36. The lowest BCUT2D eigenvalue weighted by Crippen LogP contribution is -2.46. The van der Waals surface area contributed by atoms with E-state index in [1.54, 1.807) is 68.4 Å². The van der Waals surface area contributed by atoms with Crippen LogP contribution in [0.2, 0.25) is 0 Å². The van der Waals surface area contributed by atoms with Gasteiger partial charge in [-0.3, -0.25) is 4.79 Å². The number of methoxy groups -OCH3 is 1. The lowest BCUT2D eigenvalue weighted by Gasteiger charge is -2.32. The van der Waals surface area contributed by atoms with Gasteiger partial charge in [0.25, 0.3) is 5.91 Å². The molecule has 0 aromatic heterocycles. The SMILES string of the molecule is COC(C)(C)OC(C(=O)O)C(NC(=O)c1ccccc1)c1ccccc1. The van der Waals surface area contributed by atoms with Crippen molar-refractivity contribution < 1.29 is 24.2 Å². The molecule has 2 N–H and O–H groups in total. The van der Waals surface area contributed by atoms with Gasteiger partial charge < -0.3 is 19.9 Å². The van der Waals surface area contributed by atoms with Crippen molar-refractivity contribution in [1.82, 2.24) is 5.32 Å². The van der Waals surface area contributed by atoms with Crippen LogP contribution in [0.15, 0.2) is 60.7 Å². The van der Waals surface area contributed by atoms with E-state index in [0.29, 0.717) is 11.1 Å². The van der Waals surface area contributed by atoms with Crippen molar-refractivity contribution in [2.45, 2.75) is 31.8 Å². The molecule has 1 amide bonds. The Labute approximate surface area is 152 Å². The van der Waals surface area contributed by atoms with Gasteiger partial charge in [-0.25, -0.2) is 4.79 Å². The van der Waals surface area contributed by atoms with Crippen molar-refractivity contribution in [2.75, 3.05) is 7.11 Å². The van der Waals surface area contributed by atoms with E-state index in [-0.39, 0.29) is 5.91 Å². The molecule has 0 spiro atoms. The molecule has 0 aliphatic rings. The fraction of sp³-hybridized carbons (Fsp3) is 0.300. The number of aliphatic carboxylic acids is 1. The predicted molar refractivity (Wildman–Crippen MR) is 96.7 cm³/mol. The molecule has 0 aliphatic heterocycles. The molecule has 0 aliphatic carbocycles. The van der Waals surface area contributed by atoms with Gasteiger partial charge >= 0.3 is 5.97 Å². The summed E-state index contributed by atoms with van der Waals surface area (Å²) in [4.78, 5) is 24.5. The minimum absolute atomic E-state index is 0.385. The first-order valence-corrected chi connectivity index (χ1v) is 8.20. The normalized spacial score (nSPS) is 13.7. The van der Waals surface area contributed by atoms with Crippen molar-refractivity contribution >= 4 is 11.9 Å². The first-order valence-electron chi connectivity index (χ1n) is 8.20. The molecule has 0 saturated carbocycles. The summed E-state index contributed by atoms with van der Waals surface area (Å²) in [5, 5.41) is 12.5. The summed E-state index contributed by atoms with van der Waals surface area (Å²) >= 11 is 0. The van der Waals surface area contributed by atoms with Crippen LogP contribution in [0.1, 0.15) is 35.8 Å². The molecule has 2 aromatic carbocycles. The molecular formula is C20H23NO5. The van der Waals surface area contributed by atoms with Crippen LogP contribution in [-0.4, -0.2) is 36.0 Å². The summed E-state index contributed by atoms with van der Waals surface area (Å²) in [6, 6.07) is 16.6. The molecule has 0 radical (unpaired) electrons. The van der Waals surface area contributed by atoms with Gasteiger partial charge in [-0.15, -0.1) is 0 Å². The number of carbonyl (C=O) groups excluding carboxylic acids is 1. The average Bonchev–Trinajstić information content (AvgIpc) is 2.65. The number of ether oxygens (including phenoxy) is 2. The number of carbonyl (C=O) groups is 2. The number of carboxylic acids is 1. The second-order valence-corrected chi connectivity index (χ2v) is 6.21. The quantitative estimate of drug-likeness (QED) is 0.710. The first kappa shape index (κ1) is 19.6. The van der Waals surface area contributed by atoms with E-state index < -0.39 is 23.9 Å². The number of carboxylic acid groups (broad SMARTS) is 1. The van der Waals surface area contributed by atoms with Crippen LogP contribution < -0.4 is 5.32 Å². The molecule has 0 fully saturated rings. The maximum atomic E-state index is 12.6. The third kappa shape index (κ3) is 5.15. The van der Waals surface area contributed by atoms with Gasteiger partial charge in [-0.05, 0) is 31.5 Å². The monoisotopic (exact) mass is 357 g/mol. The molecule has 26 heavy (non-hydrogen) atoms. The fourth-order valence-corrected chi connectivity index (χ4v) is 2.42. The third-order valence-electron chi connectivity index (χ3n) is 3.93.